The molecule has 0 atom stereocenters. The van der Waals surface area contributed by atoms with Crippen LogP contribution in [0.15, 0.2) is 42.5 Å². The SMILES string of the molecule is N#Cc1ccc(N2CCC(c3ccc(OC[C@H]4C[C@H](CO)C4)cc3)CC2)cc1C(F)(F)F. The van der Waals surface area contributed by atoms with Crippen molar-refractivity contribution in [3.8, 4) is 11.8 Å². The van der Waals surface area contributed by atoms with E-state index in [1.54, 1.807) is 12.1 Å². The van der Waals surface area contributed by atoms with E-state index in [2.05, 4.69) is 12.1 Å². The van der Waals surface area contributed by atoms with Gasteiger partial charge in [0, 0.05) is 25.4 Å². The molecule has 0 amide bonds. The number of halogens is 3. The fourth-order valence-electron chi connectivity index (χ4n) is 4.74. The number of hydrogen-bond donors (Lipinski definition) is 1. The molecule has 0 unspecified atom stereocenters. The van der Waals surface area contributed by atoms with E-state index in [4.69, 9.17) is 15.1 Å². The third-order valence-electron chi connectivity index (χ3n) is 6.72. The number of rotatable bonds is 6. The van der Waals surface area contributed by atoms with Crippen LogP contribution in [0.1, 0.15) is 48.3 Å². The number of nitrogens with zero attached hydrogens (tertiary/aromatic N) is 2. The Morgan fingerprint density at radius 1 is 1.03 bits per heavy atom. The van der Waals surface area contributed by atoms with Crippen molar-refractivity contribution in [3.63, 3.8) is 0 Å². The molecule has 32 heavy (non-hydrogen) atoms. The van der Waals surface area contributed by atoms with Crippen LogP contribution in [0.5, 0.6) is 5.75 Å². The number of aliphatic hydroxyl groups excluding tert-OH is 1. The monoisotopic (exact) mass is 444 g/mol. The van der Waals surface area contributed by atoms with Crippen molar-refractivity contribution in [1.82, 2.24) is 0 Å². The van der Waals surface area contributed by atoms with E-state index in [-0.39, 0.29) is 12.2 Å². The van der Waals surface area contributed by atoms with Gasteiger partial charge in [-0.2, -0.15) is 18.4 Å². The standard InChI is InChI=1S/C25H27F3N2O2/c26-25(27,28)24-13-22(4-1-21(24)14-29)30-9-7-20(8-10-30)19-2-5-23(6-3-19)32-16-18-11-17(12-18)15-31/h1-6,13,17-18,20,31H,7-12,15-16H2/t17-,18-. The van der Waals surface area contributed by atoms with Crippen LogP contribution >= 0.6 is 0 Å². The third kappa shape index (κ3) is 5.02. The Bertz CT molecular complexity index is 955. The summed E-state index contributed by atoms with van der Waals surface area (Å²) >= 11 is 0. The molecular formula is C25H27F3N2O2. The third-order valence-corrected chi connectivity index (χ3v) is 6.72. The summed E-state index contributed by atoms with van der Waals surface area (Å²) in [7, 11) is 0. The average Bonchev–Trinajstić information content (AvgIpc) is 2.78. The number of nitriles is 1. The fourth-order valence-corrected chi connectivity index (χ4v) is 4.74. The van der Waals surface area contributed by atoms with Gasteiger partial charge >= 0.3 is 6.18 Å². The summed E-state index contributed by atoms with van der Waals surface area (Å²) in [5, 5.41) is 18.1. The largest absolute Gasteiger partial charge is 0.493 e. The number of anilines is 1. The lowest BCUT2D eigenvalue weighted by Crippen LogP contribution is -2.33. The Morgan fingerprint density at radius 2 is 1.72 bits per heavy atom. The molecule has 1 saturated carbocycles. The van der Waals surface area contributed by atoms with Crippen LogP contribution in [0.2, 0.25) is 0 Å². The minimum Gasteiger partial charge on any atom is -0.493 e. The second-order valence-electron chi connectivity index (χ2n) is 8.87. The van der Waals surface area contributed by atoms with Gasteiger partial charge in [-0.25, -0.2) is 0 Å². The van der Waals surface area contributed by atoms with Gasteiger partial charge in [0.05, 0.1) is 23.8 Å². The highest BCUT2D eigenvalue weighted by atomic mass is 19.4. The Hall–Kier alpha value is -2.72. The molecule has 2 aromatic carbocycles. The molecule has 4 rings (SSSR count). The summed E-state index contributed by atoms with van der Waals surface area (Å²) in [5.41, 5.74) is 0.516. The van der Waals surface area contributed by atoms with E-state index >= 15 is 0 Å². The zero-order chi connectivity index (χ0) is 22.7. The van der Waals surface area contributed by atoms with Gasteiger partial charge in [-0.3, -0.25) is 0 Å². The Morgan fingerprint density at radius 3 is 2.31 bits per heavy atom. The molecule has 7 heteroatoms. The Balaban J connectivity index is 1.31. The second kappa shape index (κ2) is 9.41. The summed E-state index contributed by atoms with van der Waals surface area (Å²) in [6.45, 7) is 2.27. The highest BCUT2D eigenvalue weighted by Gasteiger charge is 2.34. The van der Waals surface area contributed by atoms with Crippen LogP contribution in [0.3, 0.4) is 0 Å². The van der Waals surface area contributed by atoms with Gasteiger partial charge in [0.1, 0.15) is 5.75 Å². The molecule has 2 fully saturated rings. The van der Waals surface area contributed by atoms with E-state index in [9.17, 15) is 13.2 Å². The summed E-state index contributed by atoms with van der Waals surface area (Å²) in [6, 6.07) is 13.7. The van der Waals surface area contributed by atoms with Gasteiger partial charge in [-0.15, -0.1) is 0 Å². The van der Waals surface area contributed by atoms with Crippen LogP contribution < -0.4 is 9.64 Å². The number of aliphatic hydroxyl groups is 1. The lowest BCUT2D eigenvalue weighted by atomic mass is 9.76. The van der Waals surface area contributed by atoms with Gasteiger partial charge in [0.25, 0.3) is 0 Å². The first-order valence-electron chi connectivity index (χ1n) is 11.1. The predicted octanol–water partition coefficient (Wildman–Crippen LogP) is 5.36. The molecule has 1 aliphatic heterocycles. The lowest BCUT2D eigenvalue weighted by molar-refractivity contribution is -0.137. The molecule has 4 nitrogen and oxygen atoms in total. The summed E-state index contributed by atoms with van der Waals surface area (Å²) in [4.78, 5) is 1.96. The molecule has 0 spiro atoms. The number of hydrogen-bond acceptors (Lipinski definition) is 4. The smallest absolute Gasteiger partial charge is 0.417 e. The quantitative estimate of drug-likeness (QED) is 0.652. The molecule has 2 aromatic rings. The van der Waals surface area contributed by atoms with Crippen LogP contribution in [0.4, 0.5) is 18.9 Å². The van der Waals surface area contributed by atoms with E-state index in [0.717, 1.165) is 37.5 Å². The molecule has 1 heterocycles. The lowest BCUT2D eigenvalue weighted by Gasteiger charge is -2.34. The summed E-state index contributed by atoms with van der Waals surface area (Å²) in [5.74, 6) is 2.16. The summed E-state index contributed by atoms with van der Waals surface area (Å²) < 4.78 is 45.7. The van der Waals surface area contributed by atoms with Crippen molar-refractivity contribution in [2.24, 2.45) is 11.8 Å². The van der Waals surface area contributed by atoms with E-state index in [1.807, 2.05) is 17.0 Å². The average molecular weight is 444 g/mol. The molecular weight excluding hydrogens is 417 g/mol. The van der Waals surface area contributed by atoms with Crippen molar-refractivity contribution in [3.05, 3.63) is 59.2 Å². The van der Waals surface area contributed by atoms with Gasteiger partial charge in [-0.05, 0) is 79.3 Å². The van der Waals surface area contributed by atoms with Crippen LogP contribution in [-0.4, -0.2) is 31.4 Å². The Kier molecular flexibility index (Phi) is 6.61. The molecule has 1 aliphatic carbocycles. The maximum atomic E-state index is 13.3. The number of benzene rings is 2. The molecule has 2 aliphatic rings. The second-order valence-corrected chi connectivity index (χ2v) is 8.87. The normalized spacial score (nSPS) is 21.7. The first-order valence-corrected chi connectivity index (χ1v) is 11.1. The van der Waals surface area contributed by atoms with Crippen molar-refractivity contribution in [2.75, 3.05) is 31.2 Å². The fraction of sp³-hybridized carbons (Fsp3) is 0.480. The van der Waals surface area contributed by atoms with Crippen molar-refractivity contribution < 1.29 is 23.0 Å². The van der Waals surface area contributed by atoms with Gasteiger partial charge < -0.3 is 14.7 Å². The molecule has 1 N–H and O–H groups in total. The Labute approximate surface area is 186 Å². The van der Waals surface area contributed by atoms with Crippen molar-refractivity contribution in [1.29, 1.82) is 5.26 Å². The maximum Gasteiger partial charge on any atom is 0.417 e. The topological polar surface area (TPSA) is 56.5 Å². The molecule has 1 saturated heterocycles. The van der Waals surface area contributed by atoms with Gasteiger partial charge in [0.15, 0.2) is 0 Å². The summed E-state index contributed by atoms with van der Waals surface area (Å²) in [6.07, 6.45) is -0.783. The van der Waals surface area contributed by atoms with Gasteiger partial charge in [0.2, 0.25) is 0 Å². The first kappa shape index (κ1) is 22.5. The highest BCUT2D eigenvalue weighted by molar-refractivity contribution is 5.55. The number of ether oxygens (including phenoxy) is 1. The zero-order valence-electron chi connectivity index (χ0n) is 17.8. The van der Waals surface area contributed by atoms with E-state index < -0.39 is 11.7 Å². The molecule has 0 radical (unpaired) electrons. The number of alkyl halides is 3. The van der Waals surface area contributed by atoms with E-state index in [0.29, 0.717) is 43.1 Å². The van der Waals surface area contributed by atoms with Crippen molar-refractivity contribution in [2.45, 2.75) is 37.8 Å². The maximum absolute atomic E-state index is 13.3. The van der Waals surface area contributed by atoms with Crippen LogP contribution in [-0.2, 0) is 6.18 Å². The molecule has 170 valence electrons. The number of piperidine rings is 1. The van der Waals surface area contributed by atoms with Crippen LogP contribution in [0.25, 0.3) is 0 Å². The molecule has 0 bridgehead atoms. The van der Waals surface area contributed by atoms with E-state index in [1.165, 1.54) is 11.6 Å². The zero-order valence-corrected chi connectivity index (χ0v) is 17.8. The highest BCUT2D eigenvalue weighted by Crippen LogP contribution is 2.37. The molecule has 0 aromatic heterocycles. The predicted molar refractivity (Wildman–Crippen MR) is 116 cm³/mol. The van der Waals surface area contributed by atoms with Crippen molar-refractivity contribution >= 4 is 5.69 Å². The first-order chi connectivity index (χ1) is 15.4. The van der Waals surface area contributed by atoms with Gasteiger partial charge in [-0.1, -0.05) is 12.1 Å². The minimum absolute atomic E-state index is 0.263. The van der Waals surface area contributed by atoms with Crippen LogP contribution in [0, 0.1) is 23.2 Å². The minimum atomic E-state index is -4.54.